The van der Waals surface area contributed by atoms with Crippen LogP contribution in [0, 0.1) is 5.92 Å². The van der Waals surface area contributed by atoms with Gasteiger partial charge < -0.3 is 5.32 Å². The summed E-state index contributed by atoms with van der Waals surface area (Å²) in [5.74, 6) is 3.45. The molecule has 2 heterocycles. The maximum absolute atomic E-state index is 3.72. The number of rotatable bonds is 5. The van der Waals surface area contributed by atoms with Gasteiger partial charge in [-0.15, -0.1) is 0 Å². The first-order valence-corrected chi connectivity index (χ1v) is 8.74. The summed E-state index contributed by atoms with van der Waals surface area (Å²) in [6, 6.07) is 0.551. The molecule has 0 spiro atoms. The average molecular weight is 320 g/mol. The third kappa shape index (κ3) is 3.03. The molecule has 0 radical (unpaired) electrons. The zero-order chi connectivity index (χ0) is 11.4. The summed E-state index contributed by atoms with van der Waals surface area (Å²) in [5.41, 5.74) is 1.46. The lowest BCUT2D eigenvalue weighted by atomic mass is 9.94. The Bertz CT molecular complexity index is 321. The van der Waals surface area contributed by atoms with Crippen LogP contribution in [0.5, 0.6) is 0 Å². The Morgan fingerprint density at radius 3 is 3.00 bits per heavy atom. The number of thiophene rings is 1. The Kier molecular flexibility index (Phi) is 5.20. The standard InChI is InChI=1S/C12H18BrNS2/c1-2-4-14-12(9-3-5-15-6-9)10-7-16-8-11(10)13/h7-9,12,14H,2-6H2,1H3. The quantitative estimate of drug-likeness (QED) is 0.868. The normalized spacial score (nSPS) is 22.5. The van der Waals surface area contributed by atoms with E-state index in [1.54, 1.807) is 11.3 Å². The summed E-state index contributed by atoms with van der Waals surface area (Å²) in [7, 11) is 0. The van der Waals surface area contributed by atoms with Crippen LogP contribution >= 0.6 is 39.0 Å². The first-order valence-electron chi connectivity index (χ1n) is 5.85. The maximum Gasteiger partial charge on any atom is 0.0376 e. The summed E-state index contributed by atoms with van der Waals surface area (Å²) in [6.07, 6.45) is 2.56. The van der Waals surface area contributed by atoms with E-state index < -0.39 is 0 Å². The largest absolute Gasteiger partial charge is 0.310 e. The van der Waals surface area contributed by atoms with Crippen LogP contribution in [0.1, 0.15) is 31.4 Å². The Labute approximate surface area is 115 Å². The second kappa shape index (κ2) is 6.43. The molecule has 16 heavy (non-hydrogen) atoms. The molecule has 1 fully saturated rings. The zero-order valence-electron chi connectivity index (χ0n) is 9.54. The summed E-state index contributed by atoms with van der Waals surface area (Å²) in [6.45, 7) is 3.35. The van der Waals surface area contributed by atoms with Gasteiger partial charge in [0.25, 0.3) is 0 Å². The molecule has 0 aliphatic carbocycles. The van der Waals surface area contributed by atoms with Crippen molar-refractivity contribution in [3.63, 3.8) is 0 Å². The molecule has 0 bridgehead atoms. The van der Waals surface area contributed by atoms with Gasteiger partial charge in [0.1, 0.15) is 0 Å². The molecule has 1 saturated heterocycles. The minimum Gasteiger partial charge on any atom is -0.310 e. The summed E-state index contributed by atoms with van der Waals surface area (Å²) < 4.78 is 1.28. The fourth-order valence-electron chi connectivity index (χ4n) is 2.16. The second-order valence-electron chi connectivity index (χ2n) is 4.23. The van der Waals surface area contributed by atoms with Gasteiger partial charge in [-0.25, -0.2) is 0 Å². The molecular weight excluding hydrogens is 302 g/mol. The lowest BCUT2D eigenvalue weighted by molar-refractivity contribution is 0.393. The molecule has 1 aliphatic rings. The topological polar surface area (TPSA) is 12.0 Å². The van der Waals surface area contributed by atoms with Crippen LogP contribution in [0.4, 0.5) is 0 Å². The number of halogens is 1. The van der Waals surface area contributed by atoms with Crippen molar-refractivity contribution >= 4 is 39.0 Å². The minimum absolute atomic E-state index is 0.551. The zero-order valence-corrected chi connectivity index (χ0v) is 12.8. The Balaban J connectivity index is 2.10. The summed E-state index contributed by atoms with van der Waals surface area (Å²) in [5, 5.41) is 8.20. The van der Waals surface area contributed by atoms with Gasteiger partial charge in [0, 0.05) is 15.9 Å². The average Bonchev–Trinajstić information content (AvgIpc) is 2.91. The van der Waals surface area contributed by atoms with Crippen molar-refractivity contribution in [2.45, 2.75) is 25.8 Å². The summed E-state index contributed by atoms with van der Waals surface area (Å²) in [4.78, 5) is 0. The Morgan fingerprint density at radius 1 is 1.56 bits per heavy atom. The van der Waals surface area contributed by atoms with E-state index in [0.717, 1.165) is 12.5 Å². The van der Waals surface area contributed by atoms with E-state index in [1.165, 1.54) is 34.4 Å². The van der Waals surface area contributed by atoms with Gasteiger partial charge in [-0.05, 0) is 63.7 Å². The molecule has 1 N–H and O–H groups in total. The molecule has 2 atom stereocenters. The van der Waals surface area contributed by atoms with Crippen molar-refractivity contribution in [2.75, 3.05) is 18.1 Å². The van der Waals surface area contributed by atoms with E-state index in [2.05, 4.69) is 50.7 Å². The molecule has 1 aromatic rings. The van der Waals surface area contributed by atoms with Crippen LogP contribution < -0.4 is 5.32 Å². The highest BCUT2D eigenvalue weighted by atomic mass is 79.9. The van der Waals surface area contributed by atoms with Crippen LogP contribution in [0.25, 0.3) is 0 Å². The van der Waals surface area contributed by atoms with Crippen LogP contribution in [0.2, 0.25) is 0 Å². The molecule has 1 nitrogen and oxygen atoms in total. The van der Waals surface area contributed by atoms with E-state index in [0.29, 0.717) is 6.04 Å². The molecular formula is C12H18BrNS2. The van der Waals surface area contributed by atoms with Gasteiger partial charge >= 0.3 is 0 Å². The predicted octanol–water partition coefficient (Wildman–Crippen LogP) is 4.30. The van der Waals surface area contributed by atoms with Gasteiger partial charge in [-0.1, -0.05) is 6.92 Å². The Morgan fingerprint density at radius 2 is 2.44 bits per heavy atom. The number of hydrogen-bond donors (Lipinski definition) is 1. The molecule has 1 aromatic heterocycles. The number of hydrogen-bond acceptors (Lipinski definition) is 3. The van der Waals surface area contributed by atoms with Crippen molar-refractivity contribution < 1.29 is 0 Å². The van der Waals surface area contributed by atoms with E-state index in [4.69, 9.17) is 0 Å². The molecule has 4 heteroatoms. The lowest BCUT2D eigenvalue weighted by Crippen LogP contribution is -2.29. The molecule has 2 rings (SSSR count). The number of nitrogens with one attached hydrogen (secondary N) is 1. The van der Waals surface area contributed by atoms with Gasteiger partial charge in [0.2, 0.25) is 0 Å². The molecule has 2 unspecified atom stereocenters. The molecule has 0 amide bonds. The maximum atomic E-state index is 3.72. The van der Waals surface area contributed by atoms with Crippen molar-refractivity contribution in [1.82, 2.24) is 5.32 Å². The first-order chi connectivity index (χ1) is 7.83. The van der Waals surface area contributed by atoms with Crippen LogP contribution in [-0.2, 0) is 0 Å². The fraction of sp³-hybridized carbons (Fsp3) is 0.667. The van der Waals surface area contributed by atoms with Crippen LogP contribution in [0.3, 0.4) is 0 Å². The smallest absolute Gasteiger partial charge is 0.0376 e. The first kappa shape index (κ1) is 12.9. The third-order valence-electron chi connectivity index (χ3n) is 3.03. The van der Waals surface area contributed by atoms with Gasteiger partial charge in [-0.3, -0.25) is 0 Å². The van der Waals surface area contributed by atoms with E-state index in [-0.39, 0.29) is 0 Å². The van der Waals surface area contributed by atoms with E-state index in [9.17, 15) is 0 Å². The highest BCUT2D eigenvalue weighted by molar-refractivity contribution is 9.10. The lowest BCUT2D eigenvalue weighted by Gasteiger charge is -2.24. The van der Waals surface area contributed by atoms with E-state index >= 15 is 0 Å². The van der Waals surface area contributed by atoms with Gasteiger partial charge in [0.05, 0.1) is 0 Å². The number of thioether (sulfide) groups is 1. The summed E-state index contributed by atoms with van der Waals surface area (Å²) >= 11 is 7.56. The SMILES string of the molecule is CCCNC(c1cscc1Br)C1CCSC1. The predicted molar refractivity (Wildman–Crippen MR) is 78.5 cm³/mol. The monoisotopic (exact) mass is 319 g/mol. The molecule has 1 aliphatic heterocycles. The second-order valence-corrected chi connectivity index (χ2v) is 6.98. The minimum atomic E-state index is 0.551. The van der Waals surface area contributed by atoms with Crippen molar-refractivity contribution in [3.8, 4) is 0 Å². The van der Waals surface area contributed by atoms with Crippen LogP contribution in [0.15, 0.2) is 15.2 Å². The third-order valence-corrected chi connectivity index (χ3v) is 5.97. The van der Waals surface area contributed by atoms with Crippen molar-refractivity contribution in [2.24, 2.45) is 5.92 Å². The van der Waals surface area contributed by atoms with Gasteiger partial charge in [-0.2, -0.15) is 23.1 Å². The van der Waals surface area contributed by atoms with Crippen molar-refractivity contribution in [1.29, 1.82) is 0 Å². The fourth-order valence-corrected chi connectivity index (χ4v) is 5.04. The van der Waals surface area contributed by atoms with Gasteiger partial charge in [0.15, 0.2) is 0 Å². The highest BCUT2D eigenvalue weighted by Gasteiger charge is 2.27. The molecule has 90 valence electrons. The Hall–Kier alpha value is 0.490. The highest BCUT2D eigenvalue weighted by Crippen LogP contribution is 2.38. The van der Waals surface area contributed by atoms with E-state index in [1.807, 2.05) is 0 Å². The van der Waals surface area contributed by atoms with Crippen molar-refractivity contribution in [3.05, 3.63) is 20.8 Å². The van der Waals surface area contributed by atoms with Crippen LogP contribution in [-0.4, -0.2) is 18.1 Å². The molecule has 0 aromatic carbocycles. The molecule has 0 saturated carbocycles.